The van der Waals surface area contributed by atoms with Crippen molar-refractivity contribution >= 4 is 21.7 Å². The van der Waals surface area contributed by atoms with Gasteiger partial charge in [-0.15, -0.1) is 11.6 Å². The van der Waals surface area contributed by atoms with Gasteiger partial charge in [-0.3, -0.25) is 0 Å². The molecule has 0 N–H and O–H groups in total. The Balaban J connectivity index is 2.78. The van der Waals surface area contributed by atoms with Gasteiger partial charge in [0.2, 0.25) is 0 Å². The zero-order valence-electron chi connectivity index (χ0n) is 6.10. The summed E-state index contributed by atoms with van der Waals surface area (Å²) >= 11 is 5.13. The molecule has 0 aromatic heterocycles. The molecule has 0 atom stereocenters. The van der Waals surface area contributed by atoms with Gasteiger partial charge in [-0.05, 0) is 12.1 Å². The van der Waals surface area contributed by atoms with Crippen LogP contribution in [0.3, 0.4) is 0 Å². The first-order valence-electron chi connectivity index (χ1n) is 3.17. The molecule has 3 nitrogen and oxygen atoms in total. The quantitative estimate of drug-likeness (QED) is 0.557. The first kappa shape index (κ1) is 9.35. The van der Waals surface area contributed by atoms with E-state index in [1.165, 1.54) is 0 Å². The third-order valence-corrected chi connectivity index (χ3v) is 2.62. The molecule has 0 spiro atoms. The molecule has 66 valence electrons. The van der Waals surface area contributed by atoms with Crippen LogP contribution in [0.1, 0.15) is 0 Å². The van der Waals surface area contributed by atoms with Gasteiger partial charge >= 0.3 is 10.1 Å². The minimum atomic E-state index is -3.61. The monoisotopic (exact) mass is 206 g/mol. The number of alkyl halides is 1. The average Bonchev–Trinajstić information content (AvgIpc) is 2.06. The lowest BCUT2D eigenvalue weighted by molar-refractivity contribution is 0.491. The van der Waals surface area contributed by atoms with E-state index in [-0.39, 0.29) is 5.75 Å². The molecule has 0 unspecified atom stereocenters. The molecule has 0 saturated heterocycles. The van der Waals surface area contributed by atoms with Crippen LogP contribution in [0.25, 0.3) is 0 Å². The standard InChI is InChI=1S/C7H7ClO3S/c8-6-12(9,10)11-7-4-2-1-3-5-7/h1-5H,6H2. The fourth-order valence-corrected chi connectivity index (χ4v) is 1.23. The average molecular weight is 207 g/mol. The van der Waals surface area contributed by atoms with E-state index < -0.39 is 15.3 Å². The van der Waals surface area contributed by atoms with E-state index in [1.807, 2.05) is 0 Å². The molecular weight excluding hydrogens is 200 g/mol. The van der Waals surface area contributed by atoms with Crippen molar-refractivity contribution in [1.29, 1.82) is 0 Å². The van der Waals surface area contributed by atoms with Gasteiger partial charge < -0.3 is 4.18 Å². The van der Waals surface area contributed by atoms with Crippen molar-refractivity contribution < 1.29 is 12.6 Å². The smallest absolute Gasteiger partial charge is 0.323 e. The molecule has 0 heterocycles. The molecule has 0 fully saturated rings. The molecule has 1 rings (SSSR count). The van der Waals surface area contributed by atoms with Crippen LogP contribution >= 0.6 is 11.6 Å². The third-order valence-electron chi connectivity index (χ3n) is 1.10. The number of halogens is 1. The van der Waals surface area contributed by atoms with Crippen molar-refractivity contribution in [3.8, 4) is 5.75 Å². The van der Waals surface area contributed by atoms with Gasteiger partial charge in [0.1, 0.15) is 5.75 Å². The van der Waals surface area contributed by atoms with E-state index in [0.29, 0.717) is 0 Å². The van der Waals surface area contributed by atoms with Crippen LogP contribution in [0.5, 0.6) is 5.75 Å². The summed E-state index contributed by atoms with van der Waals surface area (Å²) in [6, 6.07) is 8.21. The van der Waals surface area contributed by atoms with Crippen molar-refractivity contribution in [2.75, 3.05) is 5.21 Å². The van der Waals surface area contributed by atoms with E-state index in [0.717, 1.165) is 0 Å². The number of hydrogen-bond donors (Lipinski definition) is 0. The van der Waals surface area contributed by atoms with Crippen molar-refractivity contribution in [2.45, 2.75) is 0 Å². The van der Waals surface area contributed by atoms with E-state index in [9.17, 15) is 8.42 Å². The Kier molecular flexibility index (Phi) is 2.94. The first-order chi connectivity index (χ1) is 5.64. The fraction of sp³-hybridized carbons (Fsp3) is 0.143. The van der Waals surface area contributed by atoms with Gasteiger partial charge in [0.05, 0.1) is 0 Å². The Labute approximate surface area is 76.0 Å². The lowest BCUT2D eigenvalue weighted by Crippen LogP contribution is -2.09. The number of rotatable bonds is 3. The highest BCUT2D eigenvalue weighted by molar-refractivity contribution is 7.88. The third kappa shape index (κ3) is 2.71. The fourth-order valence-electron chi connectivity index (χ4n) is 0.645. The van der Waals surface area contributed by atoms with Crippen molar-refractivity contribution in [3.63, 3.8) is 0 Å². The minimum absolute atomic E-state index is 0.276. The van der Waals surface area contributed by atoms with E-state index >= 15 is 0 Å². The summed E-state index contributed by atoms with van der Waals surface area (Å²) in [4.78, 5) is 0. The molecule has 0 saturated carbocycles. The van der Waals surface area contributed by atoms with E-state index in [2.05, 4.69) is 4.18 Å². The molecule has 1 aromatic rings. The van der Waals surface area contributed by atoms with Gasteiger partial charge in [0.15, 0.2) is 5.21 Å². The van der Waals surface area contributed by atoms with Crippen LogP contribution in [0, 0.1) is 0 Å². The van der Waals surface area contributed by atoms with Crippen LogP contribution < -0.4 is 4.18 Å². The first-order valence-corrected chi connectivity index (χ1v) is 5.28. The molecule has 0 aliphatic carbocycles. The maximum absolute atomic E-state index is 10.8. The topological polar surface area (TPSA) is 43.4 Å². The van der Waals surface area contributed by atoms with Gasteiger partial charge in [-0.2, -0.15) is 8.42 Å². The van der Waals surface area contributed by atoms with Crippen LogP contribution in [0.15, 0.2) is 30.3 Å². The Morgan fingerprint density at radius 2 is 1.83 bits per heavy atom. The summed E-state index contributed by atoms with van der Waals surface area (Å²) < 4.78 is 26.2. The van der Waals surface area contributed by atoms with E-state index in [4.69, 9.17) is 11.6 Å². The summed E-state index contributed by atoms with van der Waals surface area (Å²) in [6.07, 6.45) is 0. The van der Waals surface area contributed by atoms with Gasteiger partial charge in [-0.25, -0.2) is 0 Å². The molecule has 0 aliphatic rings. The molecule has 0 aliphatic heterocycles. The van der Waals surface area contributed by atoms with Crippen molar-refractivity contribution in [1.82, 2.24) is 0 Å². The normalized spacial score (nSPS) is 11.1. The lowest BCUT2D eigenvalue weighted by Gasteiger charge is -2.02. The lowest BCUT2D eigenvalue weighted by atomic mass is 10.3. The molecule has 12 heavy (non-hydrogen) atoms. The highest BCUT2D eigenvalue weighted by atomic mass is 35.5. The van der Waals surface area contributed by atoms with Crippen LogP contribution in [0.4, 0.5) is 0 Å². The molecule has 1 aromatic carbocycles. The van der Waals surface area contributed by atoms with Gasteiger partial charge in [-0.1, -0.05) is 18.2 Å². The SMILES string of the molecule is O=S(=O)(CCl)Oc1ccccc1. The molecule has 0 radical (unpaired) electrons. The van der Waals surface area contributed by atoms with Gasteiger partial charge in [0, 0.05) is 0 Å². The molecule has 0 bridgehead atoms. The summed E-state index contributed by atoms with van der Waals surface area (Å²) in [7, 11) is -3.61. The second-order valence-corrected chi connectivity index (χ2v) is 4.22. The maximum atomic E-state index is 10.8. The Bertz CT molecular complexity index is 333. The second-order valence-electron chi connectivity index (χ2n) is 2.06. The number of para-hydroxylation sites is 1. The predicted molar refractivity (Wildman–Crippen MR) is 46.7 cm³/mol. The van der Waals surface area contributed by atoms with Crippen molar-refractivity contribution in [3.05, 3.63) is 30.3 Å². The van der Waals surface area contributed by atoms with E-state index in [1.54, 1.807) is 30.3 Å². The maximum Gasteiger partial charge on any atom is 0.323 e. The van der Waals surface area contributed by atoms with Crippen molar-refractivity contribution in [2.24, 2.45) is 0 Å². The number of hydrogen-bond acceptors (Lipinski definition) is 3. The Morgan fingerprint density at radius 1 is 1.25 bits per heavy atom. The highest BCUT2D eigenvalue weighted by Gasteiger charge is 2.09. The van der Waals surface area contributed by atoms with Crippen LogP contribution in [0.2, 0.25) is 0 Å². The summed E-state index contributed by atoms with van der Waals surface area (Å²) in [5.74, 6) is 0.276. The number of benzene rings is 1. The molecule has 0 amide bonds. The Hall–Kier alpha value is -0.740. The highest BCUT2D eigenvalue weighted by Crippen LogP contribution is 2.11. The zero-order chi connectivity index (χ0) is 9.03. The van der Waals surface area contributed by atoms with Crippen LogP contribution in [-0.2, 0) is 10.1 Å². The minimum Gasteiger partial charge on any atom is -0.382 e. The largest absolute Gasteiger partial charge is 0.382 e. The second kappa shape index (κ2) is 3.78. The molecular formula is C7H7ClO3S. The Morgan fingerprint density at radius 3 is 2.33 bits per heavy atom. The predicted octanol–water partition coefficient (Wildman–Crippen LogP) is 1.59. The van der Waals surface area contributed by atoms with Gasteiger partial charge in [0.25, 0.3) is 0 Å². The summed E-state index contributed by atoms with van der Waals surface area (Å²) in [6.45, 7) is 0. The summed E-state index contributed by atoms with van der Waals surface area (Å²) in [5, 5.41) is -0.540. The molecule has 5 heteroatoms. The summed E-state index contributed by atoms with van der Waals surface area (Å²) in [5.41, 5.74) is 0. The zero-order valence-corrected chi connectivity index (χ0v) is 7.68. The van der Waals surface area contributed by atoms with Crippen LogP contribution in [-0.4, -0.2) is 13.6 Å².